The summed E-state index contributed by atoms with van der Waals surface area (Å²) in [4.78, 5) is 19.8. The van der Waals surface area contributed by atoms with E-state index in [9.17, 15) is 14.1 Å². The summed E-state index contributed by atoms with van der Waals surface area (Å²) in [6.07, 6.45) is 9.82. The number of carbonyl (C=O) groups excluding carboxylic acids is 1. The zero-order chi connectivity index (χ0) is 33.8. The van der Waals surface area contributed by atoms with Gasteiger partial charge in [0.2, 0.25) is 5.95 Å². The first-order valence-electron chi connectivity index (χ1n) is 16.9. The number of nitrogens with one attached hydrogen (secondary N) is 1. The number of allylic oxidation sites excluding steroid dienone is 1. The molecule has 3 heterocycles. The molecule has 10 heteroatoms. The van der Waals surface area contributed by atoms with Gasteiger partial charge in [0.05, 0.1) is 22.0 Å². The summed E-state index contributed by atoms with van der Waals surface area (Å²) in [6.45, 7) is 5.40. The lowest BCUT2D eigenvalue weighted by molar-refractivity contribution is -0.0526. The predicted octanol–water partition coefficient (Wildman–Crippen LogP) is 6.61. The lowest BCUT2D eigenvalue weighted by Crippen LogP contribution is -2.51. The fourth-order valence-corrected chi connectivity index (χ4v) is 10.0. The highest BCUT2D eigenvalue weighted by Crippen LogP contribution is 2.51. The normalized spacial score (nSPS) is 34.1. The van der Waals surface area contributed by atoms with Crippen LogP contribution in [0.5, 0.6) is 5.75 Å². The summed E-state index contributed by atoms with van der Waals surface area (Å²) in [7, 11) is -3.05. The van der Waals surface area contributed by atoms with Crippen molar-refractivity contribution >= 4 is 38.8 Å². The third-order valence-electron chi connectivity index (χ3n) is 11.5. The Kier molecular flexibility index (Phi) is 8.61. The summed E-state index contributed by atoms with van der Waals surface area (Å²) in [5.74, 6) is 3.05. The molecule has 2 N–H and O–H groups in total. The molecule has 2 aliphatic heterocycles. The van der Waals surface area contributed by atoms with E-state index in [1.54, 1.807) is 24.3 Å². The maximum Gasteiger partial charge on any atom is 0.262 e. The zero-order valence-electron chi connectivity index (χ0n) is 27.5. The summed E-state index contributed by atoms with van der Waals surface area (Å²) in [5.41, 5.74) is 1.80. The average molecular weight is 692 g/mol. The number of hydrogen-bond acceptors (Lipinski definition) is 6. The second-order valence-corrected chi connectivity index (χ2v) is 17.2. The number of carbonyl (C=O) groups is 1. The molecule has 2 aliphatic carbocycles. The molecule has 1 aromatic heterocycles. The number of hydrogen-bond donors (Lipinski definition) is 2. The van der Waals surface area contributed by atoms with Gasteiger partial charge in [0.1, 0.15) is 11.4 Å². The first kappa shape index (κ1) is 33.1. The lowest BCUT2D eigenvalue weighted by Gasteiger charge is -2.49. The van der Waals surface area contributed by atoms with Gasteiger partial charge >= 0.3 is 0 Å². The molecule has 3 aromatic rings. The Morgan fingerprint density at radius 1 is 1.17 bits per heavy atom. The van der Waals surface area contributed by atoms with Crippen LogP contribution in [0.15, 0.2) is 66.9 Å². The molecule has 2 aromatic carbocycles. The lowest BCUT2D eigenvalue weighted by atomic mass is 9.62. The maximum atomic E-state index is 15.4. The van der Waals surface area contributed by atoms with Crippen molar-refractivity contribution in [2.45, 2.75) is 68.6 Å². The highest BCUT2D eigenvalue weighted by molar-refractivity contribution is 7.99. The van der Waals surface area contributed by atoms with E-state index < -0.39 is 32.4 Å². The summed E-state index contributed by atoms with van der Waals surface area (Å²) in [6, 6.07) is 14.8. The molecule has 1 unspecified atom stereocenters. The van der Waals surface area contributed by atoms with Gasteiger partial charge in [-0.1, -0.05) is 36.7 Å². The molecule has 7 rings (SSSR count). The summed E-state index contributed by atoms with van der Waals surface area (Å²) < 4.78 is 38.6. The Morgan fingerprint density at radius 2 is 2.00 bits per heavy atom. The minimum Gasteiger partial charge on any atom is -0.490 e. The van der Waals surface area contributed by atoms with Crippen molar-refractivity contribution in [1.29, 1.82) is 0 Å². The number of fused-ring (bicyclic) bond motifs is 4. The number of halogens is 2. The van der Waals surface area contributed by atoms with Crippen LogP contribution in [0.25, 0.3) is 0 Å². The van der Waals surface area contributed by atoms with E-state index in [1.165, 1.54) is 17.3 Å². The minimum absolute atomic E-state index is 0.0100. The Morgan fingerprint density at radius 3 is 2.77 bits per heavy atom. The molecule has 1 amide bonds. The Balaban J connectivity index is 1.36. The highest BCUT2D eigenvalue weighted by atomic mass is 35.5. The van der Waals surface area contributed by atoms with Crippen molar-refractivity contribution in [3.63, 3.8) is 0 Å². The van der Waals surface area contributed by atoms with E-state index in [0.29, 0.717) is 48.9 Å². The number of anilines is 1. The molecule has 1 fully saturated rings. The van der Waals surface area contributed by atoms with Crippen LogP contribution in [-0.2, 0) is 27.1 Å². The number of amides is 1. The second-order valence-electron chi connectivity index (χ2n) is 14.4. The fourth-order valence-electron chi connectivity index (χ4n) is 8.34. The van der Waals surface area contributed by atoms with E-state index in [-0.39, 0.29) is 28.7 Å². The van der Waals surface area contributed by atoms with E-state index in [2.05, 4.69) is 32.6 Å². The molecule has 1 saturated carbocycles. The largest absolute Gasteiger partial charge is 0.490 e. The Bertz CT molecular complexity index is 1890. The zero-order valence-corrected chi connectivity index (χ0v) is 29.0. The first-order chi connectivity index (χ1) is 22.9. The van der Waals surface area contributed by atoms with Crippen molar-refractivity contribution in [2.75, 3.05) is 24.6 Å². The molecule has 1 spiro atoms. The molecular formula is C38H43ClFN3O4S. The van der Waals surface area contributed by atoms with Crippen LogP contribution in [0.3, 0.4) is 0 Å². The number of aliphatic hydroxyl groups is 1. The molecule has 0 radical (unpaired) electrons. The van der Waals surface area contributed by atoms with E-state index in [1.807, 2.05) is 38.1 Å². The number of pyridine rings is 1. The number of nitrogens with zero attached hydrogens (tertiary/aromatic N) is 2. The van der Waals surface area contributed by atoms with Gasteiger partial charge in [-0.3, -0.25) is 9.52 Å². The van der Waals surface area contributed by atoms with Crippen molar-refractivity contribution in [3.8, 4) is 5.75 Å². The number of aromatic nitrogens is 1. The molecule has 7 atom stereocenters. The first-order valence-corrected chi connectivity index (χ1v) is 19.1. The van der Waals surface area contributed by atoms with Gasteiger partial charge in [-0.2, -0.15) is 4.39 Å². The van der Waals surface area contributed by atoms with Crippen LogP contribution in [0.4, 0.5) is 10.1 Å². The standard InChI is InChI=1S/C38H43ClFN3O4S/c1-24-7-4-17-38(45,32-9-6-18-41-35(32)40)31-13-10-28(31)21-43-22-37(16-5-8-26-19-29(39)12-14-30(26)37)23-47-34-15-11-27(20-33(34)43)36(44)42-48(3,46)25(24)2/h4,6,9,11-12,14-15,17-20,24-25,28,31,45H,3,5,7-8,10,13,16,21-23H2,1-2H3,(H,42,44,46)/b17-4+/t24-,25+,28-,31+,37-,38+,48?/m0/s1. The topological polar surface area (TPSA) is 91.8 Å². The Labute approximate surface area is 287 Å². The van der Waals surface area contributed by atoms with Gasteiger partial charge in [-0.15, -0.1) is 0 Å². The van der Waals surface area contributed by atoms with Gasteiger partial charge in [-0.25, -0.2) is 9.19 Å². The smallest absolute Gasteiger partial charge is 0.262 e. The van der Waals surface area contributed by atoms with Crippen molar-refractivity contribution in [2.24, 2.45) is 17.8 Å². The van der Waals surface area contributed by atoms with Crippen LogP contribution in [-0.4, -0.2) is 51.0 Å². The van der Waals surface area contributed by atoms with Crippen LogP contribution < -0.4 is 14.4 Å². The molecule has 7 nitrogen and oxygen atoms in total. The third-order valence-corrected chi connectivity index (χ3v) is 13.9. The van der Waals surface area contributed by atoms with Gasteiger partial charge in [0.25, 0.3) is 5.91 Å². The van der Waals surface area contributed by atoms with E-state index in [4.69, 9.17) is 16.3 Å². The van der Waals surface area contributed by atoms with Crippen molar-refractivity contribution in [1.82, 2.24) is 9.71 Å². The number of benzene rings is 2. The van der Waals surface area contributed by atoms with Crippen LogP contribution >= 0.6 is 11.6 Å². The summed E-state index contributed by atoms with van der Waals surface area (Å²) >= 11 is 6.44. The molecular weight excluding hydrogens is 649 g/mol. The van der Waals surface area contributed by atoms with E-state index in [0.717, 1.165) is 31.4 Å². The molecule has 254 valence electrons. The summed E-state index contributed by atoms with van der Waals surface area (Å²) in [5, 5.41) is 12.7. The third kappa shape index (κ3) is 5.81. The quantitative estimate of drug-likeness (QED) is 0.170. The average Bonchev–Trinajstić information content (AvgIpc) is 3.18. The highest BCUT2D eigenvalue weighted by Gasteiger charge is 2.50. The van der Waals surface area contributed by atoms with Crippen molar-refractivity contribution < 1.29 is 23.2 Å². The fraction of sp³-hybridized carbons (Fsp3) is 0.447. The SMILES string of the molecule is C=S1(=O)NC(=O)c2ccc3c(c2)N(C[C@@H]2CC[C@H]2[C@@](O)(c2cccnc2F)/C=C/C[C@H](C)[C@H]1C)C[C@@]1(CCCc2cc(Cl)ccc21)CO3. The number of aryl methyl sites for hydroxylation is 1. The minimum atomic E-state index is -3.05. The predicted molar refractivity (Wildman–Crippen MR) is 190 cm³/mol. The van der Waals surface area contributed by atoms with Crippen molar-refractivity contribution in [3.05, 3.63) is 100 Å². The van der Waals surface area contributed by atoms with Gasteiger partial charge < -0.3 is 14.7 Å². The van der Waals surface area contributed by atoms with Crippen LogP contribution in [0, 0.1) is 23.7 Å². The number of ether oxygens (including phenoxy) is 1. The second kappa shape index (κ2) is 12.5. The Hall–Kier alpha value is -3.40. The van der Waals surface area contributed by atoms with E-state index >= 15 is 4.39 Å². The van der Waals surface area contributed by atoms with Gasteiger partial charge in [0.15, 0.2) is 0 Å². The van der Waals surface area contributed by atoms with Gasteiger partial charge in [0, 0.05) is 52.0 Å². The molecule has 2 bridgehead atoms. The monoisotopic (exact) mass is 691 g/mol. The maximum absolute atomic E-state index is 15.4. The molecule has 48 heavy (non-hydrogen) atoms. The van der Waals surface area contributed by atoms with Crippen LogP contribution in [0.2, 0.25) is 5.02 Å². The molecule has 0 saturated heterocycles. The molecule has 4 aliphatic rings. The van der Waals surface area contributed by atoms with Crippen LogP contribution in [0.1, 0.15) is 73.0 Å². The van der Waals surface area contributed by atoms with Gasteiger partial charge in [-0.05, 0) is 117 Å². The number of rotatable bonds is 1.